The van der Waals surface area contributed by atoms with Crippen LogP contribution in [0.1, 0.15) is 5.56 Å². The van der Waals surface area contributed by atoms with Crippen molar-refractivity contribution in [2.45, 2.75) is 6.92 Å². The van der Waals surface area contributed by atoms with Gasteiger partial charge in [-0.1, -0.05) is 29.3 Å². The second-order valence-electron chi connectivity index (χ2n) is 3.64. The van der Waals surface area contributed by atoms with Crippen molar-refractivity contribution in [3.8, 4) is 0 Å². The summed E-state index contributed by atoms with van der Waals surface area (Å²) in [5.41, 5.74) is 2.83. The molecular formula is C14H11ClN2. The molecule has 84 valence electrons. The van der Waals surface area contributed by atoms with E-state index < -0.39 is 0 Å². The van der Waals surface area contributed by atoms with Crippen molar-refractivity contribution in [1.29, 1.82) is 0 Å². The summed E-state index contributed by atoms with van der Waals surface area (Å²) in [6.45, 7) is 2.04. The first-order valence-corrected chi connectivity index (χ1v) is 5.60. The number of aliphatic imine (C=N–C) groups is 2. The molecule has 0 saturated carbocycles. The van der Waals surface area contributed by atoms with Gasteiger partial charge in [-0.3, -0.25) is 0 Å². The number of hydrogen-bond acceptors (Lipinski definition) is 2. The Morgan fingerprint density at radius 2 is 1.29 bits per heavy atom. The smallest absolute Gasteiger partial charge is 0.100 e. The van der Waals surface area contributed by atoms with E-state index in [1.165, 1.54) is 5.56 Å². The van der Waals surface area contributed by atoms with E-state index in [9.17, 15) is 0 Å². The highest BCUT2D eigenvalue weighted by atomic mass is 35.5. The molecule has 0 saturated heterocycles. The van der Waals surface area contributed by atoms with Gasteiger partial charge in [0.2, 0.25) is 0 Å². The Morgan fingerprint density at radius 1 is 0.824 bits per heavy atom. The number of aryl methyl sites for hydroxylation is 1. The molecule has 0 radical (unpaired) electrons. The predicted octanol–water partition coefficient (Wildman–Crippen LogP) is 4.79. The molecule has 0 bridgehead atoms. The lowest BCUT2D eigenvalue weighted by Crippen LogP contribution is -1.68. The van der Waals surface area contributed by atoms with Gasteiger partial charge in [0.15, 0.2) is 0 Å². The summed E-state index contributed by atoms with van der Waals surface area (Å²) in [6, 6.07) is 17.7. The third-order valence-electron chi connectivity index (χ3n) is 2.22. The molecule has 17 heavy (non-hydrogen) atoms. The van der Waals surface area contributed by atoms with Crippen molar-refractivity contribution in [3.05, 3.63) is 59.1 Å². The molecule has 0 N–H and O–H groups in total. The Balaban J connectivity index is 2.14. The molecule has 0 fully saturated rings. The minimum atomic E-state index is 0.694. The molecule has 0 aliphatic rings. The molecule has 2 aromatic carbocycles. The van der Waals surface area contributed by atoms with Crippen LogP contribution in [0.3, 0.4) is 0 Å². The lowest BCUT2D eigenvalue weighted by Gasteiger charge is -1.92. The molecule has 0 unspecified atom stereocenters. The molecule has 2 aromatic rings. The van der Waals surface area contributed by atoms with Gasteiger partial charge in [0, 0.05) is 5.02 Å². The molecule has 0 aromatic heterocycles. The second-order valence-corrected chi connectivity index (χ2v) is 4.07. The fourth-order valence-electron chi connectivity index (χ4n) is 1.28. The first-order valence-electron chi connectivity index (χ1n) is 5.23. The Bertz CT molecular complexity index is 500. The van der Waals surface area contributed by atoms with E-state index >= 15 is 0 Å². The van der Waals surface area contributed by atoms with Gasteiger partial charge >= 0.3 is 0 Å². The zero-order valence-corrected chi connectivity index (χ0v) is 10.1. The van der Waals surface area contributed by atoms with Gasteiger partial charge in [-0.05, 0) is 43.3 Å². The highest BCUT2D eigenvalue weighted by Crippen LogP contribution is 2.16. The molecule has 0 spiro atoms. The Kier molecular flexibility index (Phi) is 3.71. The Hall–Kier alpha value is -1.89. The van der Waals surface area contributed by atoms with Crippen LogP contribution < -0.4 is 0 Å². The fourth-order valence-corrected chi connectivity index (χ4v) is 1.40. The quantitative estimate of drug-likeness (QED) is 0.677. The molecule has 0 atom stereocenters. The van der Waals surface area contributed by atoms with Gasteiger partial charge in [-0.15, -0.1) is 0 Å². The zero-order chi connectivity index (χ0) is 12.1. The monoisotopic (exact) mass is 242 g/mol. The minimum absolute atomic E-state index is 0.694. The number of halogens is 1. The van der Waals surface area contributed by atoms with Crippen molar-refractivity contribution in [1.82, 2.24) is 0 Å². The van der Waals surface area contributed by atoms with Crippen molar-refractivity contribution < 1.29 is 0 Å². The van der Waals surface area contributed by atoms with Gasteiger partial charge in [0.25, 0.3) is 0 Å². The highest BCUT2D eigenvalue weighted by Gasteiger charge is 1.88. The predicted molar refractivity (Wildman–Crippen MR) is 71.8 cm³/mol. The maximum Gasteiger partial charge on any atom is 0.100 e. The van der Waals surface area contributed by atoms with E-state index in [4.69, 9.17) is 11.6 Å². The standard InChI is InChI=1S/C14H11ClN2/c1-11-2-6-13(7-3-11)16-10-17-14-8-4-12(15)5-9-14/h2-9H,1H3. The van der Waals surface area contributed by atoms with Crippen LogP contribution in [0, 0.1) is 6.92 Å². The van der Waals surface area contributed by atoms with Crippen molar-refractivity contribution in [2.24, 2.45) is 9.98 Å². The van der Waals surface area contributed by atoms with Crippen LogP contribution in [-0.2, 0) is 0 Å². The van der Waals surface area contributed by atoms with Gasteiger partial charge in [0.1, 0.15) is 6.01 Å². The number of nitrogens with zero attached hydrogens (tertiary/aromatic N) is 2. The van der Waals surface area contributed by atoms with Crippen molar-refractivity contribution in [2.75, 3.05) is 0 Å². The molecule has 0 amide bonds. The van der Waals surface area contributed by atoms with Gasteiger partial charge < -0.3 is 0 Å². The summed E-state index contributed by atoms with van der Waals surface area (Å²) < 4.78 is 0. The number of hydrogen-bond donors (Lipinski definition) is 0. The summed E-state index contributed by atoms with van der Waals surface area (Å²) in [7, 11) is 0. The molecule has 2 nitrogen and oxygen atoms in total. The molecule has 3 heteroatoms. The second kappa shape index (κ2) is 5.44. The average Bonchev–Trinajstić information content (AvgIpc) is 2.34. The van der Waals surface area contributed by atoms with E-state index in [0.717, 1.165) is 11.4 Å². The summed E-state index contributed by atoms with van der Waals surface area (Å²) in [6.07, 6.45) is 0. The largest absolute Gasteiger partial charge is 0.188 e. The van der Waals surface area contributed by atoms with Gasteiger partial charge in [0.05, 0.1) is 11.4 Å². The average molecular weight is 243 g/mol. The van der Waals surface area contributed by atoms with E-state index in [-0.39, 0.29) is 0 Å². The molecular weight excluding hydrogens is 232 g/mol. The SMILES string of the molecule is Cc1ccc(N=C=Nc2ccc(Cl)cc2)cc1. The molecule has 0 aliphatic heterocycles. The fraction of sp³-hybridized carbons (Fsp3) is 0.0714. The summed E-state index contributed by atoms with van der Waals surface area (Å²) >= 11 is 5.77. The van der Waals surface area contributed by atoms with Crippen LogP contribution in [0.15, 0.2) is 58.5 Å². The van der Waals surface area contributed by atoms with Crippen molar-refractivity contribution in [3.63, 3.8) is 0 Å². The number of rotatable bonds is 2. The van der Waals surface area contributed by atoms with Crippen LogP contribution in [0.5, 0.6) is 0 Å². The van der Waals surface area contributed by atoms with Gasteiger partial charge in [-0.2, -0.15) is 9.98 Å². The van der Waals surface area contributed by atoms with E-state index in [1.807, 2.05) is 43.3 Å². The number of benzene rings is 2. The lowest BCUT2D eigenvalue weighted by atomic mass is 10.2. The van der Waals surface area contributed by atoms with E-state index in [0.29, 0.717) is 5.02 Å². The highest BCUT2D eigenvalue weighted by molar-refractivity contribution is 6.30. The third-order valence-corrected chi connectivity index (χ3v) is 2.47. The van der Waals surface area contributed by atoms with Crippen LogP contribution in [-0.4, -0.2) is 6.01 Å². The first kappa shape index (κ1) is 11.6. The van der Waals surface area contributed by atoms with E-state index in [2.05, 4.69) is 16.0 Å². The van der Waals surface area contributed by atoms with Crippen LogP contribution in [0.2, 0.25) is 5.02 Å². The topological polar surface area (TPSA) is 24.7 Å². The van der Waals surface area contributed by atoms with Crippen molar-refractivity contribution >= 4 is 29.0 Å². The first-order chi connectivity index (χ1) is 8.24. The zero-order valence-electron chi connectivity index (χ0n) is 9.39. The summed E-state index contributed by atoms with van der Waals surface area (Å²) in [4.78, 5) is 8.21. The minimum Gasteiger partial charge on any atom is -0.188 e. The third kappa shape index (κ3) is 3.56. The van der Waals surface area contributed by atoms with Crippen LogP contribution >= 0.6 is 11.6 Å². The molecule has 0 heterocycles. The Labute approximate surface area is 105 Å². The summed E-state index contributed by atoms with van der Waals surface area (Å²) in [5.74, 6) is 0. The molecule has 2 rings (SSSR count). The maximum atomic E-state index is 5.77. The van der Waals surface area contributed by atoms with E-state index in [1.54, 1.807) is 12.1 Å². The maximum absolute atomic E-state index is 5.77. The Morgan fingerprint density at radius 3 is 1.82 bits per heavy atom. The lowest BCUT2D eigenvalue weighted by molar-refractivity contribution is 1.43. The molecule has 0 aliphatic carbocycles. The van der Waals surface area contributed by atoms with Crippen LogP contribution in [0.25, 0.3) is 0 Å². The summed E-state index contributed by atoms with van der Waals surface area (Å²) in [5, 5.41) is 0.694. The normalized spacial score (nSPS) is 9.53. The van der Waals surface area contributed by atoms with Gasteiger partial charge in [-0.25, -0.2) is 0 Å². The van der Waals surface area contributed by atoms with Crippen LogP contribution in [0.4, 0.5) is 11.4 Å².